The van der Waals surface area contributed by atoms with Crippen LogP contribution in [0.15, 0.2) is 34.1 Å². The minimum atomic E-state index is -3.91. The zero-order chi connectivity index (χ0) is 24.2. The number of hydrogen-bond acceptors (Lipinski definition) is 9. The molecule has 1 aromatic carbocycles. The van der Waals surface area contributed by atoms with Crippen LogP contribution in [0.1, 0.15) is 35.0 Å². The fourth-order valence-electron chi connectivity index (χ4n) is 3.51. The Balaban J connectivity index is 1.87. The fourth-order valence-corrected chi connectivity index (χ4v) is 6.97. The van der Waals surface area contributed by atoms with E-state index in [1.807, 2.05) is 5.40 Å². The molecule has 1 atom stereocenters. The number of nitriles is 1. The number of anilines is 1. The van der Waals surface area contributed by atoms with Crippen molar-refractivity contribution in [2.45, 2.75) is 42.5 Å². The first-order chi connectivity index (χ1) is 15.7. The van der Waals surface area contributed by atoms with Gasteiger partial charge in [-0.15, -0.1) is 11.3 Å². The lowest BCUT2D eigenvalue weighted by molar-refractivity contribution is -0.119. The number of thiocyanates is 1. The maximum absolute atomic E-state index is 13.2. The lowest BCUT2D eigenvalue weighted by Gasteiger charge is -2.23. The van der Waals surface area contributed by atoms with Crippen molar-refractivity contribution >= 4 is 50.0 Å². The maximum Gasteiger partial charge on any atom is 0.348 e. The Kier molecular flexibility index (Phi) is 8.01. The van der Waals surface area contributed by atoms with Crippen LogP contribution in [-0.4, -0.2) is 50.9 Å². The summed E-state index contributed by atoms with van der Waals surface area (Å²) in [6, 6.07) is 5.07. The monoisotopic (exact) mass is 509 g/mol. The van der Waals surface area contributed by atoms with Crippen molar-refractivity contribution in [1.29, 1.82) is 5.26 Å². The van der Waals surface area contributed by atoms with Gasteiger partial charge < -0.3 is 14.8 Å². The highest BCUT2D eigenvalue weighted by Gasteiger charge is 2.40. The number of amides is 1. The third-order valence-corrected chi connectivity index (χ3v) is 9.15. The molecule has 176 valence electrons. The molecule has 1 N–H and O–H groups in total. The van der Waals surface area contributed by atoms with Gasteiger partial charge in [-0.1, -0.05) is 0 Å². The van der Waals surface area contributed by atoms with E-state index in [1.165, 1.54) is 23.5 Å². The molecule has 12 heteroatoms. The van der Waals surface area contributed by atoms with Crippen molar-refractivity contribution in [3.8, 4) is 11.2 Å². The molecule has 3 rings (SSSR count). The molecular weight excluding hydrogens is 486 g/mol. The van der Waals surface area contributed by atoms with Crippen LogP contribution in [-0.2, 0) is 19.6 Å². The van der Waals surface area contributed by atoms with Gasteiger partial charge in [-0.2, -0.15) is 9.57 Å². The molecule has 1 fully saturated rings. The molecule has 0 saturated carbocycles. The number of sulfonamides is 1. The molecular formula is C21H23N3O6S3. The van der Waals surface area contributed by atoms with Crippen molar-refractivity contribution in [2.75, 3.05) is 25.6 Å². The van der Waals surface area contributed by atoms with Crippen LogP contribution in [0.5, 0.6) is 5.75 Å². The predicted molar refractivity (Wildman–Crippen MR) is 125 cm³/mol. The highest BCUT2D eigenvalue weighted by Crippen LogP contribution is 2.40. The van der Waals surface area contributed by atoms with Crippen molar-refractivity contribution in [1.82, 2.24) is 4.31 Å². The summed E-state index contributed by atoms with van der Waals surface area (Å²) in [4.78, 5) is 26.2. The second kappa shape index (κ2) is 10.6. The number of thiophene rings is 1. The van der Waals surface area contributed by atoms with Gasteiger partial charge in [0, 0.05) is 6.54 Å². The molecule has 1 aliphatic heterocycles. The van der Waals surface area contributed by atoms with E-state index in [4.69, 9.17) is 14.7 Å². The van der Waals surface area contributed by atoms with Gasteiger partial charge in [0.15, 0.2) is 0 Å². The molecule has 2 aromatic rings. The molecule has 1 aliphatic rings. The molecule has 9 nitrogen and oxygen atoms in total. The van der Waals surface area contributed by atoms with E-state index in [0.717, 1.165) is 23.1 Å². The summed E-state index contributed by atoms with van der Waals surface area (Å²) in [5.41, 5.74) is 0.537. The number of thioether (sulfide) groups is 1. The van der Waals surface area contributed by atoms with Crippen LogP contribution in [0.2, 0.25) is 0 Å². The predicted octanol–water partition coefficient (Wildman–Crippen LogP) is 3.61. The van der Waals surface area contributed by atoms with E-state index in [-0.39, 0.29) is 18.0 Å². The van der Waals surface area contributed by atoms with Gasteiger partial charge >= 0.3 is 5.97 Å². The Morgan fingerprint density at radius 2 is 2.03 bits per heavy atom. The number of carbonyl (C=O) groups is 2. The topological polar surface area (TPSA) is 126 Å². The maximum atomic E-state index is 13.2. The van der Waals surface area contributed by atoms with Crippen molar-refractivity contribution in [3.63, 3.8) is 0 Å². The average molecular weight is 510 g/mol. The average Bonchev–Trinajstić information content (AvgIpc) is 3.41. The number of methoxy groups -OCH3 is 1. The highest BCUT2D eigenvalue weighted by molar-refractivity contribution is 8.04. The Labute approximate surface area is 200 Å². The van der Waals surface area contributed by atoms with Gasteiger partial charge in [0.25, 0.3) is 0 Å². The zero-order valence-electron chi connectivity index (χ0n) is 18.3. The number of carbonyl (C=O) groups excluding carboxylic acids is 2. The lowest BCUT2D eigenvalue weighted by Crippen LogP contribution is -2.43. The lowest BCUT2D eigenvalue weighted by atomic mass is 10.2. The van der Waals surface area contributed by atoms with Crippen LogP contribution in [0.3, 0.4) is 0 Å². The van der Waals surface area contributed by atoms with Gasteiger partial charge in [0.2, 0.25) is 15.9 Å². The number of nitrogens with one attached hydrogen (secondary N) is 1. The summed E-state index contributed by atoms with van der Waals surface area (Å²) in [7, 11) is -2.42. The normalized spacial score (nSPS) is 16.2. The summed E-state index contributed by atoms with van der Waals surface area (Å²) < 4.78 is 37.7. The summed E-state index contributed by atoms with van der Waals surface area (Å²) in [5, 5.41) is 14.2. The molecule has 0 spiro atoms. The number of esters is 1. The van der Waals surface area contributed by atoms with E-state index >= 15 is 0 Å². The van der Waals surface area contributed by atoms with Gasteiger partial charge in [-0.05, 0) is 68.3 Å². The SMILES string of the molecule is CCOC(=O)c1sc(NC(=O)C2CCCN2S(=O)(=O)c2ccc(OC)cc2)c(SC#N)c1C. The Morgan fingerprint density at radius 1 is 1.33 bits per heavy atom. The Morgan fingerprint density at radius 3 is 2.64 bits per heavy atom. The number of ether oxygens (including phenoxy) is 2. The fraction of sp³-hybridized carbons (Fsp3) is 0.381. The molecule has 1 amide bonds. The van der Waals surface area contributed by atoms with E-state index in [0.29, 0.717) is 38.9 Å². The minimum Gasteiger partial charge on any atom is -0.497 e. The minimum absolute atomic E-state index is 0.0697. The molecule has 33 heavy (non-hydrogen) atoms. The van der Waals surface area contributed by atoms with Crippen LogP contribution < -0.4 is 10.1 Å². The summed E-state index contributed by atoms with van der Waals surface area (Å²) in [6.45, 7) is 3.77. The smallest absolute Gasteiger partial charge is 0.348 e. The van der Waals surface area contributed by atoms with Gasteiger partial charge in [0.1, 0.15) is 27.1 Å². The number of rotatable bonds is 8. The molecule has 0 radical (unpaired) electrons. The van der Waals surface area contributed by atoms with Crippen LogP contribution in [0, 0.1) is 17.6 Å². The second-order valence-corrected chi connectivity index (χ2v) is 10.8. The van der Waals surface area contributed by atoms with Crippen LogP contribution in [0.25, 0.3) is 0 Å². The van der Waals surface area contributed by atoms with Crippen molar-refractivity contribution < 1.29 is 27.5 Å². The van der Waals surface area contributed by atoms with Gasteiger partial charge in [-0.3, -0.25) is 4.79 Å². The Bertz CT molecular complexity index is 1190. The first-order valence-corrected chi connectivity index (χ1v) is 13.1. The Hall–Kier alpha value is -2.59. The second-order valence-electron chi connectivity index (χ2n) is 7.07. The van der Waals surface area contributed by atoms with E-state index in [1.54, 1.807) is 26.0 Å². The zero-order valence-corrected chi connectivity index (χ0v) is 20.7. The number of benzene rings is 1. The molecule has 0 bridgehead atoms. The summed E-state index contributed by atoms with van der Waals surface area (Å²) >= 11 is 1.84. The number of hydrogen-bond donors (Lipinski definition) is 1. The van der Waals surface area contributed by atoms with E-state index < -0.39 is 27.9 Å². The van der Waals surface area contributed by atoms with E-state index in [2.05, 4.69) is 5.32 Å². The number of nitrogens with zero attached hydrogens (tertiary/aromatic N) is 2. The van der Waals surface area contributed by atoms with E-state index in [9.17, 15) is 18.0 Å². The molecule has 1 saturated heterocycles. The molecule has 1 unspecified atom stereocenters. The molecule has 1 aromatic heterocycles. The van der Waals surface area contributed by atoms with Crippen molar-refractivity contribution in [3.05, 3.63) is 34.7 Å². The first-order valence-electron chi connectivity index (χ1n) is 10.1. The third-order valence-electron chi connectivity index (χ3n) is 5.11. The summed E-state index contributed by atoms with van der Waals surface area (Å²) in [6.07, 6.45) is 0.891. The van der Waals surface area contributed by atoms with Crippen LogP contribution >= 0.6 is 23.1 Å². The summed E-state index contributed by atoms with van der Waals surface area (Å²) in [5.74, 6) is -0.524. The molecule has 2 heterocycles. The first kappa shape index (κ1) is 25.0. The van der Waals surface area contributed by atoms with Gasteiger partial charge in [0.05, 0.1) is 23.5 Å². The highest BCUT2D eigenvalue weighted by atomic mass is 32.2. The largest absolute Gasteiger partial charge is 0.497 e. The van der Waals surface area contributed by atoms with Crippen molar-refractivity contribution in [2.24, 2.45) is 0 Å². The molecule has 0 aliphatic carbocycles. The third kappa shape index (κ3) is 5.16. The van der Waals surface area contributed by atoms with Crippen LogP contribution in [0.4, 0.5) is 5.00 Å². The quantitative estimate of drug-likeness (QED) is 0.325. The standard InChI is InChI=1S/C21H23N3O6S3/c1-4-30-21(26)18-13(2)17(31-12-22)20(32-18)23-19(25)16-6-5-11-24(16)33(27,28)15-9-7-14(29-3)8-10-15/h7-10,16H,4-6,11H2,1-3H3,(H,23,25). The van der Waals surface area contributed by atoms with Gasteiger partial charge in [-0.25, -0.2) is 13.2 Å².